The van der Waals surface area contributed by atoms with E-state index in [4.69, 9.17) is 4.74 Å². The van der Waals surface area contributed by atoms with E-state index < -0.39 is 12.0 Å². The minimum Gasteiger partial charge on any atom is -0.467 e. The predicted molar refractivity (Wildman–Crippen MR) is 237 cm³/mol. The van der Waals surface area contributed by atoms with E-state index in [1.807, 2.05) is 6.08 Å². The van der Waals surface area contributed by atoms with Crippen molar-refractivity contribution in [2.45, 2.75) is 142 Å². The van der Waals surface area contributed by atoms with Crippen LogP contribution in [0.3, 0.4) is 0 Å². The van der Waals surface area contributed by atoms with E-state index >= 15 is 0 Å². The highest BCUT2D eigenvalue weighted by Crippen LogP contribution is 2.06. The molecule has 0 saturated heterocycles. The molecule has 55 heavy (non-hydrogen) atoms. The molecule has 6 heteroatoms. The third-order valence-corrected chi connectivity index (χ3v) is 8.13. The molecule has 0 aliphatic heterocycles. The number of nitrogens with one attached hydrogen (secondary N) is 2. The summed E-state index contributed by atoms with van der Waals surface area (Å²) in [6.45, 7) is 4.84. The predicted octanol–water partition coefficient (Wildman–Crippen LogP) is 12.3. The molecule has 0 aliphatic carbocycles. The van der Waals surface area contributed by atoms with Crippen LogP contribution in [-0.4, -0.2) is 37.5 Å². The number of carbonyl (C=O) groups is 3. The number of methoxy groups -OCH3 is 1. The lowest BCUT2D eigenvalue weighted by Crippen LogP contribution is -2.41. The number of esters is 1. The number of hydrogen-bond donors (Lipinski definition) is 2. The van der Waals surface area contributed by atoms with Crippen molar-refractivity contribution in [3.05, 3.63) is 134 Å². The summed E-state index contributed by atoms with van der Waals surface area (Å²) in [5, 5.41) is 5.78. The molecule has 304 valence electrons. The number of rotatable bonds is 34. The number of carbonyl (C=O) groups excluding carboxylic acids is 3. The van der Waals surface area contributed by atoms with Crippen LogP contribution in [0.25, 0.3) is 0 Å². The molecular weight excluding hydrogens is 681 g/mol. The van der Waals surface area contributed by atoms with Crippen molar-refractivity contribution in [3.63, 3.8) is 0 Å². The van der Waals surface area contributed by atoms with Gasteiger partial charge in [-0.15, -0.1) is 0 Å². The number of amides is 2. The highest BCUT2D eigenvalue weighted by Gasteiger charge is 2.20. The summed E-state index contributed by atoms with van der Waals surface area (Å²) in [5.41, 5.74) is 0. The van der Waals surface area contributed by atoms with Gasteiger partial charge in [0.25, 0.3) is 0 Å². The standard InChI is InChI=1S/C49H74N2O4/c1-4-6-8-10-12-14-16-18-20-22-23-25-27-29-31-33-35-37-39-44-48(53)51-46(49(54)55-3)42-40-41-45-50-47(52)43-38-36-34-32-30-28-26-24-21-19-17-15-13-11-9-7-5-2/h6-9,12-15,18-21,23,25-26,28-29,31-32,34-35,37,46H,4-5,10-11,16-17,22,24,27,30,33,36,38-45H2,1-3H3,(H,50,52)(H,51,53)/b8-6-,9-7-,14-12-,15-13-,20-18-,21-19-,25-23-,28-26-,31-29-,34-32-,37-35-. The summed E-state index contributed by atoms with van der Waals surface area (Å²) in [4.78, 5) is 36.9. The summed E-state index contributed by atoms with van der Waals surface area (Å²) < 4.78 is 4.91. The van der Waals surface area contributed by atoms with E-state index in [2.05, 4.69) is 152 Å². The normalized spacial score (nSPS) is 13.4. The van der Waals surface area contributed by atoms with E-state index in [9.17, 15) is 14.4 Å². The Hall–Kier alpha value is -4.45. The SMILES string of the molecule is CC/C=C\C/C=C\C/C=C\C/C=C\C/C=C\C/C=C\CCC(=O)NC(CCCCNC(=O)CCC/C=C\C/C=C\C/C=C\C/C=C\C/C=C\CC)C(=O)OC. The van der Waals surface area contributed by atoms with Crippen molar-refractivity contribution in [2.24, 2.45) is 0 Å². The van der Waals surface area contributed by atoms with Crippen molar-refractivity contribution >= 4 is 17.8 Å². The molecule has 0 fully saturated rings. The lowest BCUT2D eigenvalue weighted by molar-refractivity contribution is -0.145. The third kappa shape index (κ3) is 39.1. The minimum atomic E-state index is -0.679. The lowest BCUT2D eigenvalue weighted by Gasteiger charge is -2.16. The molecule has 0 saturated carbocycles. The Morgan fingerprint density at radius 3 is 1.24 bits per heavy atom. The van der Waals surface area contributed by atoms with Gasteiger partial charge >= 0.3 is 5.97 Å². The zero-order valence-corrected chi connectivity index (χ0v) is 34.6. The Kier molecular flexibility index (Phi) is 38.9. The summed E-state index contributed by atoms with van der Waals surface area (Å²) >= 11 is 0. The van der Waals surface area contributed by atoms with Crippen LogP contribution in [0.5, 0.6) is 0 Å². The molecule has 2 N–H and O–H groups in total. The molecule has 1 atom stereocenters. The molecule has 0 bridgehead atoms. The van der Waals surface area contributed by atoms with Crippen LogP contribution in [0, 0.1) is 0 Å². The van der Waals surface area contributed by atoms with Crippen molar-refractivity contribution in [1.82, 2.24) is 10.6 Å². The maximum absolute atomic E-state index is 12.5. The van der Waals surface area contributed by atoms with E-state index in [1.165, 1.54) is 7.11 Å². The lowest BCUT2D eigenvalue weighted by atomic mass is 10.1. The zero-order valence-electron chi connectivity index (χ0n) is 34.6. The Bertz CT molecular complexity index is 1290. The maximum Gasteiger partial charge on any atom is 0.328 e. The second-order valence-corrected chi connectivity index (χ2v) is 13.0. The first-order chi connectivity index (χ1) is 27.0. The number of hydrogen-bond acceptors (Lipinski definition) is 4. The zero-order chi connectivity index (χ0) is 40.1. The fourth-order valence-corrected chi connectivity index (χ4v) is 5.05. The average molecular weight is 755 g/mol. The maximum atomic E-state index is 12.5. The van der Waals surface area contributed by atoms with Crippen LogP contribution >= 0.6 is 0 Å². The third-order valence-electron chi connectivity index (χ3n) is 8.13. The molecule has 0 spiro atoms. The van der Waals surface area contributed by atoms with Gasteiger partial charge in [-0.05, 0) is 109 Å². The molecule has 0 aliphatic rings. The van der Waals surface area contributed by atoms with Gasteiger partial charge in [-0.1, -0.05) is 148 Å². The average Bonchev–Trinajstić information content (AvgIpc) is 3.19. The fourth-order valence-electron chi connectivity index (χ4n) is 5.05. The highest BCUT2D eigenvalue weighted by molar-refractivity contribution is 5.84. The minimum absolute atomic E-state index is 0.0413. The summed E-state index contributed by atoms with van der Waals surface area (Å²) in [5.74, 6) is -0.573. The van der Waals surface area contributed by atoms with Gasteiger partial charge in [0.2, 0.25) is 11.8 Å². The van der Waals surface area contributed by atoms with Gasteiger partial charge < -0.3 is 15.4 Å². The summed E-state index contributed by atoms with van der Waals surface area (Å²) in [6, 6.07) is -0.679. The summed E-state index contributed by atoms with van der Waals surface area (Å²) in [6.07, 6.45) is 63.3. The Morgan fingerprint density at radius 2 is 0.836 bits per heavy atom. The smallest absolute Gasteiger partial charge is 0.328 e. The number of allylic oxidation sites excluding steroid dienone is 22. The van der Waals surface area contributed by atoms with Gasteiger partial charge in [0.1, 0.15) is 6.04 Å². The van der Waals surface area contributed by atoms with Gasteiger partial charge in [-0.2, -0.15) is 0 Å². The second-order valence-electron chi connectivity index (χ2n) is 13.0. The summed E-state index contributed by atoms with van der Waals surface area (Å²) in [7, 11) is 1.33. The van der Waals surface area contributed by atoms with Gasteiger partial charge in [-0.25, -0.2) is 4.79 Å². The first kappa shape index (κ1) is 50.5. The Morgan fingerprint density at radius 1 is 0.455 bits per heavy atom. The molecule has 0 aromatic carbocycles. The van der Waals surface area contributed by atoms with Crippen molar-refractivity contribution in [1.29, 1.82) is 0 Å². The second kappa shape index (κ2) is 42.3. The Balaban J connectivity index is 3.98. The molecule has 2 amide bonds. The van der Waals surface area contributed by atoms with Crippen LogP contribution in [0.4, 0.5) is 0 Å². The number of unbranched alkanes of at least 4 members (excludes halogenated alkanes) is 2. The molecule has 0 aromatic heterocycles. The van der Waals surface area contributed by atoms with Crippen LogP contribution in [0.2, 0.25) is 0 Å². The molecule has 0 heterocycles. The molecule has 0 aromatic rings. The van der Waals surface area contributed by atoms with Gasteiger partial charge in [0, 0.05) is 19.4 Å². The van der Waals surface area contributed by atoms with Crippen molar-refractivity contribution in [2.75, 3.05) is 13.7 Å². The molecule has 0 radical (unpaired) electrons. The van der Waals surface area contributed by atoms with Crippen molar-refractivity contribution < 1.29 is 19.1 Å². The van der Waals surface area contributed by atoms with Crippen LogP contribution in [0.1, 0.15) is 136 Å². The van der Waals surface area contributed by atoms with Crippen molar-refractivity contribution in [3.8, 4) is 0 Å². The fraction of sp³-hybridized carbons (Fsp3) is 0.490. The largest absolute Gasteiger partial charge is 0.467 e. The van der Waals surface area contributed by atoms with Gasteiger partial charge in [0.15, 0.2) is 0 Å². The molecule has 6 nitrogen and oxygen atoms in total. The van der Waals surface area contributed by atoms with E-state index in [-0.39, 0.29) is 11.8 Å². The van der Waals surface area contributed by atoms with E-state index in [0.29, 0.717) is 38.6 Å². The van der Waals surface area contributed by atoms with Crippen LogP contribution in [0.15, 0.2) is 134 Å². The quantitative estimate of drug-likeness (QED) is 0.0389. The molecule has 1 unspecified atom stereocenters. The molecule has 0 rings (SSSR count). The first-order valence-electron chi connectivity index (χ1n) is 20.8. The first-order valence-corrected chi connectivity index (χ1v) is 20.8. The van der Waals surface area contributed by atoms with Crippen LogP contribution in [-0.2, 0) is 19.1 Å². The van der Waals surface area contributed by atoms with E-state index in [0.717, 1.165) is 89.9 Å². The number of ether oxygens (including phenoxy) is 1. The molecular formula is C49H74N2O4. The Labute approximate surface area is 335 Å². The highest BCUT2D eigenvalue weighted by atomic mass is 16.5. The van der Waals surface area contributed by atoms with Gasteiger partial charge in [0.05, 0.1) is 7.11 Å². The topological polar surface area (TPSA) is 84.5 Å². The van der Waals surface area contributed by atoms with Crippen LogP contribution < -0.4 is 10.6 Å². The monoisotopic (exact) mass is 755 g/mol. The van der Waals surface area contributed by atoms with E-state index in [1.54, 1.807) is 0 Å². The van der Waals surface area contributed by atoms with Gasteiger partial charge in [-0.3, -0.25) is 9.59 Å².